The molecule has 1 aliphatic carbocycles. The van der Waals surface area contributed by atoms with E-state index >= 15 is 0 Å². The van der Waals surface area contributed by atoms with Crippen molar-refractivity contribution >= 4 is 11.9 Å². The molecular weight excluding hydrogens is 290 g/mol. The van der Waals surface area contributed by atoms with Gasteiger partial charge in [0.25, 0.3) is 0 Å². The first-order chi connectivity index (χ1) is 11.0. The number of hydrogen-bond acceptors (Lipinski definition) is 2. The van der Waals surface area contributed by atoms with Gasteiger partial charge >= 0.3 is 6.03 Å². The van der Waals surface area contributed by atoms with Crippen molar-refractivity contribution in [2.45, 2.75) is 38.1 Å². The van der Waals surface area contributed by atoms with Gasteiger partial charge < -0.3 is 10.2 Å². The lowest BCUT2D eigenvalue weighted by Crippen LogP contribution is -2.46. The van der Waals surface area contributed by atoms with Crippen molar-refractivity contribution < 1.29 is 9.59 Å². The zero-order valence-electron chi connectivity index (χ0n) is 13.9. The summed E-state index contributed by atoms with van der Waals surface area (Å²) in [6.45, 7) is 2.82. The van der Waals surface area contributed by atoms with E-state index in [0.717, 1.165) is 12.8 Å². The molecule has 2 fully saturated rings. The monoisotopic (exact) mass is 315 g/mol. The highest BCUT2D eigenvalue weighted by Gasteiger charge is 2.32. The number of nitrogens with one attached hydrogen (secondary N) is 1. The summed E-state index contributed by atoms with van der Waals surface area (Å²) in [5, 5.41) is 3.14. The highest BCUT2D eigenvalue weighted by atomic mass is 16.2. The van der Waals surface area contributed by atoms with E-state index in [1.54, 1.807) is 16.8 Å². The summed E-state index contributed by atoms with van der Waals surface area (Å²) in [7, 11) is 1.73. The van der Waals surface area contributed by atoms with Crippen molar-refractivity contribution in [1.29, 1.82) is 0 Å². The van der Waals surface area contributed by atoms with Crippen LogP contribution in [0.5, 0.6) is 0 Å². The van der Waals surface area contributed by atoms with Crippen LogP contribution in [0.4, 0.5) is 4.79 Å². The van der Waals surface area contributed by atoms with Crippen molar-refractivity contribution in [3.05, 3.63) is 35.9 Å². The van der Waals surface area contributed by atoms with Gasteiger partial charge in [-0.15, -0.1) is 0 Å². The number of benzene rings is 1. The molecule has 1 saturated carbocycles. The van der Waals surface area contributed by atoms with E-state index in [1.165, 1.54) is 12.0 Å². The van der Waals surface area contributed by atoms with E-state index in [1.807, 2.05) is 6.07 Å². The first kappa shape index (κ1) is 15.8. The van der Waals surface area contributed by atoms with Crippen LogP contribution in [-0.2, 0) is 4.79 Å². The Balaban J connectivity index is 1.61. The zero-order valence-corrected chi connectivity index (χ0v) is 13.9. The average molecular weight is 315 g/mol. The molecule has 3 amide bonds. The summed E-state index contributed by atoms with van der Waals surface area (Å²) in [5.41, 5.74) is 1.36. The molecule has 0 bridgehead atoms. The second kappa shape index (κ2) is 6.60. The Hall–Kier alpha value is -2.04. The van der Waals surface area contributed by atoms with Crippen molar-refractivity contribution in [2.24, 2.45) is 5.92 Å². The van der Waals surface area contributed by atoms with Crippen LogP contribution in [0.1, 0.15) is 37.7 Å². The van der Waals surface area contributed by atoms with Crippen LogP contribution in [0.15, 0.2) is 30.3 Å². The number of nitrogens with zero attached hydrogens (tertiary/aromatic N) is 2. The van der Waals surface area contributed by atoms with Crippen molar-refractivity contribution in [2.75, 3.05) is 20.3 Å². The molecule has 1 aliphatic heterocycles. The molecule has 1 heterocycles. The molecule has 1 saturated heterocycles. The van der Waals surface area contributed by atoms with Gasteiger partial charge in [-0.25, -0.2) is 4.79 Å². The van der Waals surface area contributed by atoms with Gasteiger partial charge in [-0.05, 0) is 36.7 Å². The smallest absolute Gasteiger partial charge is 0.319 e. The number of carbonyl (C=O) groups excluding carboxylic acids is 2. The molecule has 124 valence electrons. The predicted molar refractivity (Wildman–Crippen MR) is 88.9 cm³/mol. The van der Waals surface area contributed by atoms with Gasteiger partial charge in [-0.3, -0.25) is 9.69 Å². The van der Waals surface area contributed by atoms with Crippen molar-refractivity contribution in [1.82, 2.24) is 15.1 Å². The number of urea groups is 1. The molecule has 0 aromatic heterocycles. The molecule has 1 N–H and O–H groups in total. The third kappa shape index (κ3) is 3.66. The molecule has 3 atom stereocenters. The molecule has 0 spiro atoms. The van der Waals surface area contributed by atoms with Crippen LogP contribution in [0, 0.1) is 5.92 Å². The zero-order chi connectivity index (χ0) is 16.4. The van der Waals surface area contributed by atoms with Crippen LogP contribution in [-0.4, -0.2) is 48.0 Å². The average Bonchev–Trinajstić information content (AvgIpc) is 2.87. The topological polar surface area (TPSA) is 52.7 Å². The minimum Gasteiger partial charge on any atom is -0.335 e. The standard InChI is InChI=1S/C18H25N3O2/c1-13-8-15(14-6-4-3-5-7-14)10-16(9-13)19-18(23)21-11-17(22)20(2)12-21/h3-7,13,15-16H,8-12H2,1-2H3,(H,19,23). The fourth-order valence-electron chi connectivity index (χ4n) is 3.79. The van der Waals surface area contributed by atoms with Gasteiger partial charge in [0.15, 0.2) is 0 Å². The third-order valence-corrected chi connectivity index (χ3v) is 4.96. The largest absolute Gasteiger partial charge is 0.335 e. The lowest BCUT2D eigenvalue weighted by molar-refractivity contribution is -0.125. The van der Waals surface area contributed by atoms with E-state index < -0.39 is 0 Å². The molecule has 3 unspecified atom stereocenters. The summed E-state index contributed by atoms with van der Waals surface area (Å²) in [6, 6.07) is 10.6. The van der Waals surface area contributed by atoms with Gasteiger partial charge in [0, 0.05) is 13.1 Å². The van der Waals surface area contributed by atoms with Crippen LogP contribution in [0.25, 0.3) is 0 Å². The van der Waals surface area contributed by atoms with Crippen LogP contribution < -0.4 is 5.32 Å². The Kier molecular flexibility index (Phi) is 4.55. The molecule has 5 heteroatoms. The maximum absolute atomic E-state index is 12.4. The number of amides is 3. The van der Waals surface area contributed by atoms with Crippen molar-refractivity contribution in [3.63, 3.8) is 0 Å². The van der Waals surface area contributed by atoms with E-state index in [9.17, 15) is 9.59 Å². The minimum absolute atomic E-state index is 0.000626. The Morgan fingerprint density at radius 3 is 2.57 bits per heavy atom. The summed E-state index contributed by atoms with van der Waals surface area (Å²) in [4.78, 5) is 27.1. The Labute approximate surface area is 137 Å². The maximum Gasteiger partial charge on any atom is 0.319 e. The maximum atomic E-state index is 12.4. The molecule has 23 heavy (non-hydrogen) atoms. The fraction of sp³-hybridized carbons (Fsp3) is 0.556. The summed E-state index contributed by atoms with van der Waals surface area (Å²) in [5.74, 6) is 1.08. The van der Waals surface area contributed by atoms with Crippen LogP contribution >= 0.6 is 0 Å². The Morgan fingerprint density at radius 2 is 1.91 bits per heavy atom. The number of carbonyl (C=O) groups is 2. The predicted octanol–water partition coefficient (Wildman–Crippen LogP) is 2.40. The first-order valence-electron chi connectivity index (χ1n) is 8.37. The van der Waals surface area contributed by atoms with E-state index in [-0.39, 0.29) is 24.5 Å². The molecular formula is C18H25N3O2. The quantitative estimate of drug-likeness (QED) is 0.911. The Bertz CT molecular complexity index is 575. The number of likely N-dealkylation sites (N-methyl/N-ethyl adjacent to an activating group) is 1. The normalized spacial score (nSPS) is 28.1. The van der Waals surface area contributed by atoms with E-state index in [2.05, 4.69) is 36.5 Å². The summed E-state index contributed by atoms with van der Waals surface area (Å²) >= 11 is 0. The SMILES string of the molecule is CC1CC(NC(=O)N2CC(=O)N(C)C2)CC(c2ccccc2)C1. The molecule has 3 rings (SSSR count). The number of hydrogen-bond donors (Lipinski definition) is 1. The summed E-state index contributed by atoms with van der Waals surface area (Å²) in [6.07, 6.45) is 3.14. The lowest BCUT2D eigenvalue weighted by atomic mass is 9.76. The van der Waals surface area contributed by atoms with Gasteiger partial charge in [0.1, 0.15) is 6.54 Å². The summed E-state index contributed by atoms with van der Waals surface area (Å²) < 4.78 is 0. The van der Waals surface area contributed by atoms with Crippen LogP contribution in [0.3, 0.4) is 0 Å². The fourth-order valence-corrected chi connectivity index (χ4v) is 3.79. The molecule has 1 aromatic rings. The number of rotatable bonds is 2. The third-order valence-electron chi connectivity index (χ3n) is 4.96. The Morgan fingerprint density at radius 1 is 1.17 bits per heavy atom. The molecule has 2 aliphatic rings. The molecule has 0 radical (unpaired) electrons. The van der Waals surface area contributed by atoms with Crippen molar-refractivity contribution in [3.8, 4) is 0 Å². The second-order valence-corrected chi connectivity index (χ2v) is 7.00. The van der Waals surface area contributed by atoms with Gasteiger partial charge in [-0.1, -0.05) is 37.3 Å². The molecule has 1 aromatic carbocycles. The van der Waals surface area contributed by atoms with Gasteiger partial charge in [-0.2, -0.15) is 0 Å². The molecule has 5 nitrogen and oxygen atoms in total. The van der Waals surface area contributed by atoms with Crippen LogP contribution in [0.2, 0.25) is 0 Å². The van der Waals surface area contributed by atoms with Gasteiger partial charge in [0.05, 0.1) is 6.67 Å². The highest BCUT2D eigenvalue weighted by Crippen LogP contribution is 2.36. The minimum atomic E-state index is -0.117. The first-order valence-corrected chi connectivity index (χ1v) is 8.37. The highest BCUT2D eigenvalue weighted by molar-refractivity contribution is 5.86. The van der Waals surface area contributed by atoms with E-state index in [0.29, 0.717) is 18.5 Å². The lowest BCUT2D eigenvalue weighted by Gasteiger charge is -2.34. The second-order valence-electron chi connectivity index (χ2n) is 7.00. The van der Waals surface area contributed by atoms with Gasteiger partial charge in [0.2, 0.25) is 5.91 Å². The van der Waals surface area contributed by atoms with E-state index in [4.69, 9.17) is 0 Å².